The largest absolute Gasteiger partial charge is 0.330 e. The summed E-state index contributed by atoms with van der Waals surface area (Å²) < 4.78 is 0. The van der Waals surface area contributed by atoms with Crippen LogP contribution in [-0.2, 0) is 6.42 Å². The lowest BCUT2D eigenvalue weighted by atomic mass is 10.1. The molecule has 13 heavy (non-hydrogen) atoms. The summed E-state index contributed by atoms with van der Waals surface area (Å²) >= 11 is 7.74. The van der Waals surface area contributed by atoms with Gasteiger partial charge in [-0.1, -0.05) is 18.5 Å². The molecule has 2 N–H and O–H groups in total. The van der Waals surface area contributed by atoms with Crippen LogP contribution in [-0.4, -0.2) is 12.3 Å². The van der Waals surface area contributed by atoms with E-state index in [1.807, 2.05) is 23.9 Å². The van der Waals surface area contributed by atoms with E-state index in [1.165, 1.54) is 10.5 Å². The molecule has 0 bridgehead atoms. The SMILES string of the molecule is CCSc1ccc(Cl)cc1CCN. The first kappa shape index (κ1) is 10.9. The third kappa shape index (κ3) is 3.22. The number of nitrogens with two attached hydrogens (primary N) is 1. The summed E-state index contributed by atoms with van der Waals surface area (Å²) in [4.78, 5) is 1.30. The molecule has 0 aliphatic rings. The monoisotopic (exact) mass is 215 g/mol. The molecule has 0 saturated carbocycles. The van der Waals surface area contributed by atoms with Crippen molar-refractivity contribution >= 4 is 23.4 Å². The average Bonchev–Trinajstić information content (AvgIpc) is 2.10. The maximum absolute atomic E-state index is 5.90. The van der Waals surface area contributed by atoms with Crippen LogP contribution in [0.4, 0.5) is 0 Å². The number of rotatable bonds is 4. The number of halogens is 1. The van der Waals surface area contributed by atoms with Gasteiger partial charge in [-0.15, -0.1) is 11.8 Å². The highest BCUT2D eigenvalue weighted by Crippen LogP contribution is 2.25. The van der Waals surface area contributed by atoms with Crippen LogP contribution >= 0.6 is 23.4 Å². The maximum Gasteiger partial charge on any atom is 0.0409 e. The van der Waals surface area contributed by atoms with Crippen LogP contribution in [0.1, 0.15) is 12.5 Å². The lowest BCUT2D eigenvalue weighted by Gasteiger charge is -2.07. The zero-order chi connectivity index (χ0) is 9.68. The molecule has 0 aliphatic heterocycles. The van der Waals surface area contributed by atoms with Crippen LogP contribution < -0.4 is 5.73 Å². The Bertz CT molecular complexity index is 276. The Kier molecular flexibility index (Phi) is 4.64. The van der Waals surface area contributed by atoms with Crippen LogP contribution in [0.15, 0.2) is 23.1 Å². The zero-order valence-corrected chi connectivity index (χ0v) is 9.29. The molecule has 0 spiro atoms. The van der Waals surface area contributed by atoms with E-state index in [4.69, 9.17) is 17.3 Å². The van der Waals surface area contributed by atoms with E-state index in [-0.39, 0.29) is 0 Å². The number of thioether (sulfide) groups is 1. The van der Waals surface area contributed by atoms with Crippen molar-refractivity contribution in [3.8, 4) is 0 Å². The van der Waals surface area contributed by atoms with Crippen molar-refractivity contribution < 1.29 is 0 Å². The van der Waals surface area contributed by atoms with Gasteiger partial charge in [-0.2, -0.15) is 0 Å². The predicted molar refractivity (Wildman–Crippen MR) is 60.6 cm³/mol. The normalized spacial score (nSPS) is 10.4. The lowest BCUT2D eigenvalue weighted by Crippen LogP contribution is -2.03. The van der Waals surface area contributed by atoms with Gasteiger partial charge in [0, 0.05) is 9.92 Å². The summed E-state index contributed by atoms with van der Waals surface area (Å²) in [5.74, 6) is 1.08. The topological polar surface area (TPSA) is 26.0 Å². The molecule has 0 unspecified atom stereocenters. The molecule has 3 heteroatoms. The van der Waals surface area contributed by atoms with Gasteiger partial charge in [0.2, 0.25) is 0 Å². The Balaban J connectivity index is 2.89. The molecule has 0 atom stereocenters. The highest BCUT2D eigenvalue weighted by Gasteiger charge is 2.02. The molecular weight excluding hydrogens is 202 g/mol. The molecule has 1 rings (SSSR count). The Hall–Kier alpha value is -0.180. The van der Waals surface area contributed by atoms with Gasteiger partial charge in [-0.25, -0.2) is 0 Å². The van der Waals surface area contributed by atoms with Gasteiger partial charge in [0.15, 0.2) is 0 Å². The van der Waals surface area contributed by atoms with Gasteiger partial charge in [0.05, 0.1) is 0 Å². The quantitative estimate of drug-likeness (QED) is 0.782. The van der Waals surface area contributed by atoms with Gasteiger partial charge < -0.3 is 5.73 Å². The van der Waals surface area contributed by atoms with Crippen LogP contribution in [0.2, 0.25) is 5.02 Å². The van der Waals surface area contributed by atoms with Crippen LogP contribution in [0, 0.1) is 0 Å². The summed E-state index contributed by atoms with van der Waals surface area (Å²) in [5.41, 5.74) is 6.79. The first-order valence-corrected chi connectivity index (χ1v) is 5.75. The molecule has 0 amide bonds. The summed E-state index contributed by atoms with van der Waals surface area (Å²) in [6.07, 6.45) is 0.906. The lowest BCUT2D eigenvalue weighted by molar-refractivity contribution is 0.944. The first-order chi connectivity index (χ1) is 6.27. The Morgan fingerprint density at radius 2 is 2.23 bits per heavy atom. The van der Waals surface area contributed by atoms with Crippen LogP contribution in [0.5, 0.6) is 0 Å². The van der Waals surface area contributed by atoms with Crippen LogP contribution in [0.25, 0.3) is 0 Å². The van der Waals surface area contributed by atoms with Crippen molar-refractivity contribution in [1.82, 2.24) is 0 Å². The highest BCUT2D eigenvalue weighted by atomic mass is 35.5. The fraction of sp³-hybridized carbons (Fsp3) is 0.400. The third-order valence-corrected chi connectivity index (χ3v) is 2.97. The minimum atomic E-state index is 0.678. The number of hydrogen-bond acceptors (Lipinski definition) is 2. The molecule has 1 nitrogen and oxygen atoms in total. The second-order valence-corrected chi connectivity index (χ2v) is 4.47. The van der Waals surface area contributed by atoms with E-state index in [1.54, 1.807) is 0 Å². The smallest absolute Gasteiger partial charge is 0.0409 e. The van der Waals surface area contributed by atoms with E-state index >= 15 is 0 Å². The molecule has 0 aromatic heterocycles. The van der Waals surface area contributed by atoms with Crippen molar-refractivity contribution in [3.05, 3.63) is 28.8 Å². The number of benzene rings is 1. The molecule has 0 radical (unpaired) electrons. The minimum absolute atomic E-state index is 0.678. The fourth-order valence-electron chi connectivity index (χ4n) is 1.20. The Labute approximate surface area is 88.7 Å². The van der Waals surface area contributed by atoms with Gasteiger partial charge in [-0.3, -0.25) is 0 Å². The van der Waals surface area contributed by atoms with E-state index < -0.39 is 0 Å². The van der Waals surface area contributed by atoms with Crippen molar-refractivity contribution in [2.75, 3.05) is 12.3 Å². The van der Waals surface area contributed by atoms with Gasteiger partial charge >= 0.3 is 0 Å². The molecule has 0 heterocycles. The molecular formula is C10H14ClNS. The Morgan fingerprint density at radius 1 is 1.46 bits per heavy atom. The molecule has 0 fully saturated rings. The summed E-state index contributed by atoms with van der Waals surface area (Å²) in [5, 5.41) is 0.795. The van der Waals surface area contributed by atoms with E-state index in [9.17, 15) is 0 Å². The van der Waals surface area contributed by atoms with Crippen molar-refractivity contribution in [2.45, 2.75) is 18.2 Å². The van der Waals surface area contributed by atoms with Crippen LogP contribution in [0.3, 0.4) is 0 Å². The van der Waals surface area contributed by atoms with Gasteiger partial charge in [0.25, 0.3) is 0 Å². The van der Waals surface area contributed by atoms with E-state index in [2.05, 4.69) is 13.0 Å². The fourth-order valence-corrected chi connectivity index (χ4v) is 2.21. The Morgan fingerprint density at radius 3 is 2.85 bits per heavy atom. The number of hydrogen-bond donors (Lipinski definition) is 1. The summed E-state index contributed by atoms with van der Waals surface area (Å²) in [7, 11) is 0. The van der Waals surface area contributed by atoms with E-state index in [0.717, 1.165) is 17.2 Å². The summed E-state index contributed by atoms with van der Waals surface area (Å²) in [6, 6.07) is 6.01. The maximum atomic E-state index is 5.90. The van der Waals surface area contributed by atoms with E-state index in [0.29, 0.717) is 6.54 Å². The molecule has 1 aromatic carbocycles. The minimum Gasteiger partial charge on any atom is -0.330 e. The van der Waals surface area contributed by atoms with Crippen molar-refractivity contribution in [1.29, 1.82) is 0 Å². The zero-order valence-electron chi connectivity index (χ0n) is 7.72. The summed E-state index contributed by atoms with van der Waals surface area (Å²) in [6.45, 7) is 2.82. The predicted octanol–water partition coefficient (Wildman–Crippen LogP) is 2.95. The van der Waals surface area contributed by atoms with Crippen molar-refractivity contribution in [2.24, 2.45) is 5.73 Å². The van der Waals surface area contributed by atoms with Gasteiger partial charge in [0.1, 0.15) is 0 Å². The molecule has 1 aromatic rings. The van der Waals surface area contributed by atoms with Crippen molar-refractivity contribution in [3.63, 3.8) is 0 Å². The average molecular weight is 216 g/mol. The molecule has 0 aliphatic carbocycles. The second kappa shape index (κ2) is 5.53. The standard InChI is InChI=1S/C10H14ClNS/c1-2-13-10-4-3-9(11)7-8(10)5-6-12/h3-4,7H,2,5-6,12H2,1H3. The first-order valence-electron chi connectivity index (χ1n) is 4.39. The molecule has 72 valence electrons. The molecule has 0 saturated heterocycles. The second-order valence-electron chi connectivity index (χ2n) is 2.72. The van der Waals surface area contributed by atoms with Gasteiger partial charge in [-0.05, 0) is 42.5 Å². The third-order valence-electron chi connectivity index (χ3n) is 1.74. The highest BCUT2D eigenvalue weighted by molar-refractivity contribution is 7.99.